The van der Waals surface area contributed by atoms with Crippen molar-refractivity contribution in [3.63, 3.8) is 0 Å². The Labute approximate surface area is 314 Å². The number of methoxy groups -OCH3 is 1. The molecule has 3 saturated heterocycles. The summed E-state index contributed by atoms with van der Waals surface area (Å²) in [5.41, 5.74) is 6.44. The first-order valence-electron chi connectivity index (χ1n) is 19.0. The summed E-state index contributed by atoms with van der Waals surface area (Å²) in [7, 11) is 1.29. The van der Waals surface area contributed by atoms with Gasteiger partial charge in [0.05, 0.1) is 49.5 Å². The molecule has 54 heavy (non-hydrogen) atoms. The number of imidazole rings is 2. The van der Waals surface area contributed by atoms with Crippen molar-refractivity contribution in [2.24, 2.45) is 0 Å². The molecule has 278 valence electrons. The first-order valence-corrected chi connectivity index (χ1v) is 19.0. The zero-order valence-electron chi connectivity index (χ0n) is 30.5. The minimum atomic E-state index is -0.888. The summed E-state index contributed by atoms with van der Waals surface area (Å²) in [5.74, 6) is 1.47. The topological polar surface area (TPSA) is 140 Å². The van der Waals surface area contributed by atoms with E-state index in [0.717, 1.165) is 97.6 Å². The van der Waals surface area contributed by atoms with Crippen molar-refractivity contribution in [2.75, 3.05) is 39.8 Å². The fourth-order valence-corrected chi connectivity index (χ4v) is 8.26. The van der Waals surface area contributed by atoms with Gasteiger partial charge in [-0.1, -0.05) is 72.8 Å². The summed E-state index contributed by atoms with van der Waals surface area (Å²) in [5, 5.41) is 2.73. The van der Waals surface area contributed by atoms with Crippen LogP contribution in [0.5, 0.6) is 0 Å². The molecular weight excluding hydrogens is 681 g/mol. The Balaban J connectivity index is 1.07. The smallest absolute Gasteiger partial charge is 0.407 e. The lowest BCUT2D eigenvalue weighted by Gasteiger charge is -2.28. The molecule has 0 unspecified atom stereocenters. The van der Waals surface area contributed by atoms with Gasteiger partial charge in [0.1, 0.15) is 17.7 Å². The molecule has 0 aliphatic carbocycles. The van der Waals surface area contributed by atoms with Crippen molar-refractivity contribution in [3.05, 3.63) is 108 Å². The third-order valence-corrected chi connectivity index (χ3v) is 11.0. The van der Waals surface area contributed by atoms with Gasteiger partial charge in [0.2, 0.25) is 5.91 Å². The molecule has 12 nitrogen and oxygen atoms in total. The van der Waals surface area contributed by atoms with Crippen molar-refractivity contribution >= 4 is 17.9 Å². The monoisotopic (exact) mass is 726 g/mol. The number of nitrogens with one attached hydrogen (secondary N) is 3. The Bertz CT molecular complexity index is 2090. The predicted molar refractivity (Wildman–Crippen MR) is 205 cm³/mol. The Morgan fingerprint density at radius 1 is 0.741 bits per heavy atom. The van der Waals surface area contributed by atoms with E-state index in [9.17, 15) is 14.4 Å². The second kappa shape index (κ2) is 15.7. The molecule has 3 N–H and O–H groups in total. The van der Waals surface area contributed by atoms with Crippen molar-refractivity contribution in [1.82, 2.24) is 40.0 Å². The second-order valence-electron chi connectivity index (χ2n) is 14.4. The highest BCUT2D eigenvalue weighted by Gasteiger charge is 2.37. The molecule has 2 aromatic heterocycles. The molecule has 8 rings (SSSR count). The van der Waals surface area contributed by atoms with Gasteiger partial charge in [-0.3, -0.25) is 14.5 Å². The van der Waals surface area contributed by atoms with Gasteiger partial charge < -0.3 is 29.8 Å². The normalized spacial score (nSPS) is 19.3. The van der Waals surface area contributed by atoms with Gasteiger partial charge in [-0.15, -0.1) is 0 Å². The quantitative estimate of drug-likeness (QED) is 0.146. The van der Waals surface area contributed by atoms with Crippen molar-refractivity contribution in [3.8, 4) is 33.6 Å². The summed E-state index contributed by atoms with van der Waals surface area (Å²) in [6, 6.07) is 24.6. The number of H-pyrrole nitrogens is 2. The summed E-state index contributed by atoms with van der Waals surface area (Å²) in [6.45, 7) is 3.75. The molecule has 3 aliphatic rings. The van der Waals surface area contributed by atoms with Gasteiger partial charge in [-0.2, -0.15) is 0 Å². The number of carbonyl (C=O) groups excluding carboxylic acids is 3. The van der Waals surface area contributed by atoms with Crippen molar-refractivity contribution in [1.29, 1.82) is 0 Å². The van der Waals surface area contributed by atoms with Gasteiger partial charge in [0.25, 0.3) is 5.91 Å². The number of ether oxygens (including phenoxy) is 1. The molecule has 3 aliphatic heterocycles. The average molecular weight is 727 g/mol. The minimum absolute atomic E-state index is 0.0752. The maximum absolute atomic E-state index is 14.0. The van der Waals surface area contributed by atoms with Gasteiger partial charge in [0, 0.05) is 24.2 Å². The van der Waals surface area contributed by atoms with Gasteiger partial charge >= 0.3 is 6.09 Å². The Morgan fingerprint density at radius 2 is 1.37 bits per heavy atom. The summed E-state index contributed by atoms with van der Waals surface area (Å²) < 4.78 is 4.86. The number of benzene rings is 3. The number of aromatic nitrogens is 4. The molecule has 0 radical (unpaired) electrons. The Kier molecular flexibility index (Phi) is 10.3. The molecule has 3 aromatic carbocycles. The van der Waals surface area contributed by atoms with Crippen LogP contribution in [0.3, 0.4) is 0 Å². The summed E-state index contributed by atoms with van der Waals surface area (Å²) >= 11 is 0. The molecule has 5 heterocycles. The number of hydrogen-bond donors (Lipinski definition) is 3. The molecule has 3 fully saturated rings. The number of amides is 3. The maximum atomic E-state index is 14.0. The fraction of sp³-hybridized carbons (Fsp3) is 0.357. The lowest BCUT2D eigenvalue weighted by molar-refractivity contribution is -0.135. The summed E-state index contributed by atoms with van der Waals surface area (Å²) in [6.07, 6.45) is 8.74. The summed E-state index contributed by atoms with van der Waals surface area (Å²) in [4.78, 5) is 62.6. The standard InChI is InChI=1S/C42H46N8O4/c1-54-42(53)47-38(29-14-6-3-7-15-29)41(52)50-23-11-17-36(50)40-43-25-33(45-40)30-18-19-31(28-12-4-2-5-13-28)32(24-30)34-26-44-39(46-34)35-16-10-22-49(35)37(51)27-48-20-8-9-21-48/h2-7,12-15,18-19,24-26,35-36,38H,8-11,16-17,20-23,27H2,1H3,(H,43,45)(H,44,46)(H,47,53)/t35-,36-,38+/m0/s1. The molecule has 3 atom stereocenters. The molecule has 12 heteroatoms. The van der Waals surface area contributed by atoms with Gasteiger partial charge in [-0.05, 0) is 74.4 Å². The third-order valence-electron chi connectivity index (χ3n) is 11.0. The Morgan fingerprint density at radius 3 is 2.07 bits per heavy atom. The number of alkyl carbamates (subject to hydrolysis) is 1. The maximum Gasteiger partial charge on any atom is 0.407 e. The van der Waals surface area contributed by atoms with Crippen LogP contribution in [0.1, 0.15) is 73.9 Å². The first kappa shape index (κ1) is 35.3. The minimum Gasteiger partial charge on any atom is -0.453 e. The molecule has 3 amide bonds. The van der Waals surface area contributed by atoms with E-state index in [1.54, 1.807) is 4.90 Å². The molecule has 0 bridgehead atoms. The number of carbonyl (C=O) groups is 3. The lowest BCUT2D eigenvalue weighted by Crippen LogP contribution is -2.42. The average Bonchev–Trinajstić information content (AvgIpc) is 4.06. The predicted octanol–water partition coefficient (Wildman–Crippen LogP) is 6.65. The van der Waals surface area contributed by atoms with E-state index in [1.165, 1.54) is 7.11 Å². The zero-order chi connectivity index (χ0) is 37.0. The molecule has 5 aromatic rings. The van der Waals surface area contributed by atoms with Crippen molar-refractivity contribution < 1.29 is 19.1 Å². The van der Waals surface area contributed by atoms with E-state index < -0.39 is 12.1 Å². The third kappa shape index (κ3) is 7.25. The second-order valence-corrected chi connectivity index (χ2v) is 14.4. The Hall–Kier alpha value is -5.75. The van der Waals surface area contributed by atoms with Crippen LogP contribution in [0.25, 0.3) is 33.6 Å². The number of nitrogens with zero attached hydrogens (tertiary/aromatic N) is 5. The van der Waals surface area contributed by atoms with Gasteiger partial charge in [-0.25, -0.2) is 14.8 Å². The molecule has 0 saturated carbocycles. The van der Waals surface area contributed by atoms with Crippen LogP contribution in [-0.4, -0.2) is 92.4 Å². The van der Waals surface area contributed by atoms with E-state index >= 15 is 0 Å². The molecule has 0 spiro atoms. The van der Waals surface area contributed by atoms with E-state index in [2.05, 4.69) is 50.5 Å². The van der Waals surface area contributed by atoms with Crippen LogP contribution < -0.4 is 5.32 Å². The van der Waals surface area contributed by atoms with E-state index in [4.69, 9.17) is 14.7 Å². The van der Waals surface area contributed by atoms with Crippen LogP contribution in [0.4, 0.5) is 4.79 Å². The van der Waals surface area contributed by atoms with Crippen LogP contribution in [-0.2, 0) is 14.3 Å². The highest BCUT2D eigenvalue weighted by Crippen LogP contribution is 2.38. The zero-order valence-corrected chi connectivity index (χ0v) is 30.5. The van der Waals surface area contributed by atoms with Gasteiger partial charge in [0.15, 0.2) is 0 Å². The fourth-order valence-electron chi connectivity index (χ4n) is 8.26. The number of aromatic amines is 2. The SMILES string of the molecule is COC(=O)N[C@@H](C(=O)N1CCC[C@H]1c1ncc(-c2ccc(-c3ccccc3)c(-c3cnc([C@@H]4CCCN4C(=O)CN4CCCC4)[nH]3)c2)[nH]1)c1ccccc1. The van der Waals surface area contributed by atoms with E-state index in [0.29, 0.717) is 24.5 Å². The largest absolute Gasteiger partial charge is 0.453 e. The first-order chi connectivity index (χ1) is 26.5. The number of likely N-dealkylation sites (tertiary alicyclic amines) is 3. The van der Waals surface area contributed by atoms with E-state index in [1.807, 2.05) is 65.8 Å². The van der Waals surface area contributed by atoms with Crippen LogP contribution in [0, 0.1) is 0 Å². The van der Waals surface area contributed by atoms with Crippen molar-refractivity contribution in [2.45, 2.75) is 56.7 Å². The number of rotatable bonds is 10. The van der Waals surface area contributed by atoms with Crippen LogP contribution in [0.15, 0.2) is 91.3 Å². The van der Waals surface area contributed by atoms with E-state index in [-0.39, 0.29) is 23.9 Å². The highest BCUT2D eigenvalue weighted by atomic mass is 16.5. The van der Waals surface area contributed by atoms with Crippen LogP contribution >= 0.6 is 0 Å². The molecular formula is C42H46N8O4. The van der Waals surface area contributed by atoms with Crippen LogP contribution in [0.2, 0.25) is 0 Å². The lowest BCUT2D eigenvalue weighted by atomic mass is 9.95. The highest BCUT2D eigenvalue weighted by molar-refractivity contribution is 5.88. The number of hydrogen-bond acceptors (Lipinski definition) is 7.